The van der Waals surface area contributed by atoms with Crippen LogP contribution in [0.25, 0.3) is 5.76 Å². The van der Waals surface area contributed by atoms with Crippen molar-refractivity contribution >= 4 is 29.0 Å². The van der Waals surface area contributed by atoms with Crippen LogP contribution in [0.15, 0.2) is 23.8 Å². The van der Waals surface area contributed by atoms with Crippen molar-refractivity contribution in [3.8, 4) is 5.75 Å². The second kappa shape index (κ2) is 5.07. The lowest BCUT2D eigenvalue weighted by Gasteiger charge is -2.55. The maximum atomic E-state index is 9.90. The quantitative estimate of drug-likeness (QED) is 0.591. The molecule has 1 aromatic rings. The van der Waals surface area contributed by atoms with Crippen molar-refractivity contribution in [2.24, 2.45) is 17.8 Å². The molecule has 1 N–H and O–H groups in total. The zero-order valence-electron chi connectivity index (χ0n) is 12.6. The first-order valence-electron chi connectivity index (χ1n) is 7.95. The van der Waals surface area contributed by atoms with Crippen molar-refractivity contribution in [3.63, 3.8) is 0 Å². The Bertz CT molecular complexity index is 634. The average molecular weight is 339 g/mol. The third kappa shape index (κ3) is 2.23. The van der Waals surface area contributed by atoms with Crippen LogP contribution >= 0.6 is 23.2 Å². The van der Waals surface area contributed by atoms with E-state index in [4.69, 9.17) is 27.9 Å². The van der Waals surface area contributed by atoms with E-state index in [0.717, 1.165) is 30.1 Å². The highest BCUT2D eigenvalue weighted by molar-refractivity contribution is 6.32. The number of methoxy groups -OCH3 is 1. The first-order chi connectivity index (χ1) is 10.5. The van der Waals surface area contributed by atoms with Gasteiger partial charge in [-0.05, 0) is 73.6 Å². The summed E-state index contributed by atoms with van der Waals surface area (Å²) in [7, 11) is 1.72. The number of alkyl halides is 1. The second-order valence-corrected chi connectivity index (χ2v) is 8.36. The van der Waals surface area contributed by atoms with Crippen LogP contribution in [0.1, 0.15) is 37.7 Å². The van der Waals surface area contributed by atoms with E-state index in [2.05, 4.69) is 0 Å². The van der Waals surface area contributed by atoms with Gasteiger partial charge >= 0.3 is 0 Å². The van der Waals surface area contributed by atoms with Crippen LogP contribution in [0.5, 0.6) is 5.75 Å². The minimum atomic E-state index is 0.0149. The maximum Gasteiger partial charge on any atom is 0.134 e. The Labute approximate surface area is 141 Å². The number of halogens is 2. The highest BCUT2D eigenvalue weighted by Gasteiger charge is 2.53. The van der Waals surface area contributed by atoms with E-state index in [0.29, 0.717) is 16.9 Å². The molecule has 4 aliphatic carbocycles. The molecule has 0 saturated heterocycles. The topological polar surface area (TPSA) is 29.5 Å². The second-order valence-electron chi connectivity index (χ2n) is 7.15. The summed E-state index contributed by atoms with van der Waals surface area (Å²) < 4.78 is 5.77. The van der Waals surface area contributed by atoms with Crippen molar-refractivity contribution in [2.75, 3.05) is 7.11 Å². The van der Waals surface area contributed by atoms with E-state index < -0.39 is 0 Å². The molecule has 0 spiro atoms. The standard InChI is InChI=1S/C18H20Cl2O2/c1-22-17(11-2-3-14(19)15(21)6-11)16-12-4-10-5-13(16)9-18(20,7-10)8-12/h2-3,6,10,12-13,21H,4-5,7-9H2,1H3. The van der Waals surface area contributed by atoms with Crippen molar-refractivity contribution in [1.29, 1.82) is 0 Å². The van der Waals surface area contributed by atoms with Crippen molar-refractivity contribution in [1.82, 2.24) is 0 Å². The Hall–Kier alpha value is -0.860. The number of phenols is 1. The van der Waals surface area contributed by atoms with Gasteiger partial charge in [0, 0.05) is 10.4 Å². The van der Waals surface area contributed by atoms with Crippen LogP contribution in [0.3, 0.4) is 0 Å². The molecule has 118 valence electrons. The zero-order valence-corrected chi connectivity index (χ0v) is 14.1. The fourth-order valence-electron chi connectivity index (χ4n) is 5.12. The lowest BCUT2D eigenvalue weighted by atomic mass is 9.53. The monoisotopic (exact) mass is 338 g/mol. The molecule has 1 aromatic carbocycles. The number of benzene rings is 1. The largest absolute Gasteiger partial charge is 0.506 e. The van der Waals surface area contributed by atoms with Gasteiger partial charge in [0.05, 0.1) is 12.1 Å². The molecule has 5 rings (SSSR count). The van der Waals surface area contributed by atoms with Crippen LogP contribution in [-0.2, 0) is 4.74 Å². The van der Waals surface area contributed by atoms with Gasteiger partial charge in [0.1, 0.15) is 11.5 Å². The molecule has 4 heteroatoms. The molecule has 0 heterocycles. The van der Waals surface area contributed by atoms with E-state index in [-0.39, 0.29) is 10.6 Å². The molecule has 2 atom stereocenters. The fourth-order valence-corrected chi connectivity index (χ4v) is 5.83. The maximum absolute atomic E-state index is 9.90. The number of aromatic hydroxyl groups is 1. The zero-order chi connectivity index (χ0) is 15.5. The van der Waals surface area contributed by atoms with Crippen LogP contribution in [0.2, 0.25) is 5.02 Å². The molecule has 0 radical (unpaired) electrons. The molecule has 4 bridgehead atoms. The molecular formula is C18H20Cl2O2. The molecular weight excluding hydrogens is 319 g/mol. The van der Waals surface area contributed by atoms with E-state index in [9.17, 15) is 5.11 Å². The fraction of sp³-hybridized carbons (Fsp3) is 0.556. The van der Waals surface area contributed by atoms with Crippen molar-refractivity contribution < 1.29 is 9.84 Å². The highest BCUT2D eigenvalue weighted by atomic mass is 35.5. The Morgan fingerprint density at radius 1 is 1.23 bits per heavy atom. The van der Waals surface area contributed by atoms with E-state index in [1.807, 2.05) is 6.07 Å². The van der Waals surface area contributed by atoms with Gasteiger partial charge < -0.3 is 9.84 Å². The molecule has 2 nitrogen and oxygen atoms in total. The van der Waals surface area contributed by atoms with E-state index >= 15 is 0 Å². The normalized spacial score (nSPS) is 35.8. The van der Waals surface area contributed by atoms with Gasteiger partial charge in [-0.25, -0.2) is 0 Å². The summed E-state index contributed by atoms with van der Waals surface area (Å²) in [5, 5.41) is 10.3. The van der Waals surface area contributed by atoms with Gasteiger partial charge in [-0.3, -0.25) is 0 Å². The number of hydrogen-bond acceptors (Lipinski definition) is 2. The molecule has 0 aromatic heterocycles. The van der Waals surface area contributed by atoms with Crippen LogP contribution in [-0.4, -0.2) is 17.1 Å². The smallest absolute Gasteiger partial charge is 0.134 e. The van der Waals surface area contributed by atoms with Crippen molar-refractivity contribution in [2.45, 2.75) is 37.0 Å². The van der Waals surface area contributed by atoms with Crippen LogP contribution in [0.4, 0.5) is 0 Å². The molecule has 0 amide bonds. The lowest BCUT2D eigenvalue weighted by molar-refractivity contribution is 0.0843. The average Bonchev–Trinajstić information content (AvgIpc) is 2.44. The third-order valence-electron chi connectivity index (χ3n) is 5.67. The van der Waals surface area contributed by atoms with Crippen molar-refractivity contribution in [3.05, 3.63) is 34.4 Å². The van der Waals surface area contributed by atoms with Crippen LogP contribution < -0.4 is 0 Å². The summed E-state index contributed by atoms with van der Waals surface area (Å²) in [6.45, 7) is 0. The Balaban J connectivity index is 1.79. The highest BCUT2D eigenvalue weighted by Crippen LogP contribution is 2.61. The number of allylic oxidation sites excluding steroid dienone is 1. The summed E-state index contributed by atoms with van der Waals surface area (Å²) in [6.07, 6.45) is 5.75. The third-order valence-corrected chi connectivity index (χ3v) is 6.45. The summed E-state index contributed by atoms with van der Waals surface area (Å²) in [6, 6.07) is 5.36. The molecule has 4 aliphatic rings. The molecule has 4 fully saturated rings. The lowest BCUT2D eigenvalue weighted by Crippen LogP contribution is -2.48. The summed E-state index contributed by atoms with van der Waals surface area (Å²) in [5.74, 6) is 2.84. The van der Waals surface area contributed by atoms with Gasteiger partial charge in [-0.2, -0.15) is 0 Å². The number of hydrogen-bond donors (Lipinski definition) is 1. The summed E-state index contributed by atoms with van der Waals surface area (Å²) >= 11 is 12.7. The number of rotatable bonds is 2. The molecule has 0 aliphatic heterocycles. The van der Waals surface area contributed by atoms with Gasteiger partial charge in [-0.15, -0.1) is 11.6 Å². The predicted octanol–water partition coefficient (Wildman–Crippen LogP) is 5.22. The SMILES string of the molecule is COC(=C1C2CC3CC1CC(Cl)(C3)C2)c1ccc(Cl)c(O)c1. The Morgan fingerprint density at radius 2 is 1.91 bits per heavy atom. The van der Waals surface area contributed by atoms with Gasteiger partial charge in [0.25, 0.3) is 0 Å². The molecule has 4 saturated carbocycles. The minimum Gasteiger partial charge on any atom is -0.506 e. The van der Waals surface area contributed by atoms with E-state index in [1.165, 1.54) is 24.8 Å². The minimum absolute atomic E-state index is 0.0149. The molecule has 22 heavy (non-hydrogen) atoms. The van der Waals surface area contributed by atoms with Gasteiger partial charge in [0.15, 0.2) is 0 Å². The summed E-state index contributed by atoms with van der Waals surface area (Å²) in [4.78, 5) is 0.0149. The van der Waals surface area contributed by atoms with E-state index in [1.54, 1.807) is 19.2 Å². The predicted molar refractivity (Wildman–Crippen MR) is 89.2 cm³/mol. The molecule has 2 unspecified atom stereocenters. The van der Waals surface area contributed by atoms with Gasteiger partial charge in [0.2, 0.25) is 0 Å². The Kier molecular flexibility index (Phi) is 3.39. The first kappa shape index (κ1) is 14.7. The number of ether oxygens (including phenoxy) is 1. The summed E-state index contributed by atoms with van der Waals surface area (Å²) in [5.41, 5.74) is 2.33. The number of phenolic OH excluding ortho intramolecular Hbond substituents is 1. The first-order valence-corrected chi connectivity index (χ1v) is 8.70. The van der Waals surface area contributed by atoms with Crippen LogP contribution in [0, 0.1) is 17.8 Å². The Morgan fingerprint density at radius 3 is 2.45 bits per heavy atom. The van der Waals surface area contributed by atoms with Gasteiger partial charge in [-0.1, -0.05) is 11.6 Å².